The fraction of sp³-hybridized carbons (Fsp3) is 0.417. The third-order valence-corrected chi connectivity index (χ3v) is 3.08. The van der Waals surface area contributed by atoms with Crippen LogP contribution in [-0.4, -0.2) is 60.4 Å². The topological polar surface area (TPSA) is 130 Å². The minimum atomic E-state index is -1.86. The van der Waals surface area contributed by atoms with E-state index in [4.69, 9.17) is 5.11 Å². The van der Waals surface area contributed by atoms with Gasteiger partial charge in [-0.15, -0.1) is 0 Å². The summed E-state index contributed by atoms with van der Waals surface area (Å²) in [7, 11) is 0. The Morgan fingerprint density at radius 2 is 1.67 bits per heavy atom. The lowest BCUT2D eigenvalue weighted by molar-refractivity contribution is -0.117. The van der Waals surface area contributed by atoms with E-state index in [0.29, 0.717) is 0 Å². The van der Waals surface area contributed by atoms with E-state index in [0.717, 1.165) is 12.1 Å². The van der Waals surface area contributed by atoms with Crippen LogP contribution < -0.4 is 0 Å². The number of aromatic amines is 1. The average molecular weight is 304 g/mol. The molecule has 9 heteroatoms. The van der Waals surface area contributed by atoms with Crippen molar-refractivity contribution < 1.29 is 34.3 Å². The summed E-state index contributed by atoms with van der Waals surface area (Å²) in [5.74, 6) is -2.47. The first kappa shape index (κ1) is 15.7. The van der Waals surface area contributed by atoms with Gasteiger partial charge < -0.3 is 30.5 Å². The molecule has 0 saturated heterocycles. The Kier molecular flexibility index (Phi) is 4.49. The van der Waals surface area contributed by atoms with Crippen LogP contribution in [0.3, 0.4) is 0 Å². The lowest BCUT2D eigenvalue weighted by atomic mass is 10.0. The van der Waals surface area contributed by atoms with Crippen molar-refractivity contribution in [1.29, 1.82) is 0 Å². The molecule has 2 rings (SSSR count). The number of hydrogen-bond acceptors (Lipinski definition) is 6. The smallest absolute Gasteiger partial charge is 0.161 e. The van der Waals surface area contributed by atoms with Crippen LogP contribution in [0.1, 0.15) is 11.9 Å². The van der Waals surface area contributed by atoms with Gasteiger partial charge in [-0.3, -0.25) is 0 Å². The highest BCUT2D eigenvalue weighted by Crippen LogP contribution is 2.22. The Hall–Kier alpha value is -1.65. The zero-order chi connectivity index (χ0) is 15.7. The lowest BCUT2D eigenvalue weighted by Crippen LogP contribution is -2.42. The molecule has 21 heavy (non-hydrogen) atoms. The quantitative estimate of drug-likeness (QED) is 0.418. The van der Waals surface area contributed by atoms with Crippen molar-refractivity contribution in [2.24, 2.45) is 0 Å². The molecular weight excluding hydrogens is 290 g/mol. The summed E-state index contributed by atoms with van der Waals surface area (Å²) in [6.45, 7) is -0.818. The molecule has 1 aromatic heterocycles. The first-order valence-corrected chi connectivity index (χ1v) is 6.03. The molecule has 0 aliphatic carbocycles. The zero-order valence-corrected chi connectivity index (χ0v) is 10.6. The second-order valence-electron chi connectivity index (χ2n) is 4.58. The highest BCUT2D eigenvalue weighted by Gasteiger charge is 2.32. The van der Waals surface area contributed by atoms with Gasteiger partial charge in [-0.05, 0) is 0 Å². The summed E-state index contributed by atoms with van der Waals surface area (Å²) in [6, 6.07) is 1.64. The predicted molar refractivity (Wildman–Crippen MR) is 66.1 cm³/mol. The number of nitrogens with one attached hydrogen (secondary N) is 1. The maximum atomic E-state index is 13.1. The Balaban J connectivity index is 2.28. The van der Waals surface area contributed by atoms with E-state index in [1.165, 1.54) is 0 Å². The number of aromatic nitrogens is 2. The highest BCUT2D eigenvalue weighted by atomic mass is 19.2. The molecule has 6 N–H and O–H groups in total. The zero-order valence-electron chi connectivity index (χ0n) is 10.6. The van der Waals surface area contributed by atoms with Gasteiger partial charge in [0.05, 0.1) is 17.6 Å². The number of halogens is 2. The molecular formula is C12H14F2N2O5. The van der Waals surface area contributed by atoms with E-state index in [1.807, 2.05) is 0 Å². The van der Waals surface area contributed by atoms with Crippen molar-refractivity contribution in [1.82, 2.24) is 9.97 Å². The standard InChI is InChI=1S/C12H14F2N2O5/c13-4-1-6-7(2-5(4)14)16-12(15-6)11(21)10(20)9(19)8(18)3-17/h1-2,8-11,17-21H,3H2,(H,15,16)/t8-,9-,10+,11-/m1/s1. The normalized spacial score (nSPS) is 17.7. The van der Waals surface area contributed by atoms with Gasteiger partial charge in [0.15, 0.2) is 11.6 Å². The average Bonchev–Trinajstić information content (AvgIpc) is 2.87. The van der Waals surface area contributed by atoms with Gasteiger partial charge in [-0.2, -0.15) is 0 Å². The van der Waals surface area contributed by atoms with Crippen LogP contribution in [0.2, 0.25) is 0 Å². The first-order valence-electron chi connectivity index (χ1n) is 6.03. The number of nitrogens with zero attached hydrogens (tertiary/aromatic N) is 1. The van der Waals surface area contributed by atoms with Crippen molar-refractivity contribution in [3.8, 4) is 0 Å². The Labute approximate surface area is 117 Å². The molecule has 0 fully saturated rings. The van der Waals surface area contributed by atoms with E-state index in [-0.39, 0.29) is 16.9 Å². The van der Waals surface area contributed by atoms with Gasteiger partial charge >= 0.3 is 0 Å². The lowest BCUT2D eigenvalue weighted by Gasteiger charge is -2.24. The van der Waals surface area contributed by atoms with Crippen molar-refractivity contribution in [3.05, 3.63) is 29.6 Å². The summed E-state index contributed by atoms with van der Waals surface area (Å²) in [5.41, 5.74) is 0.111. The number of hydrogen-bond donors (Lipinski definition) is 6. The molecule has 0 unspecified atom stereocenters. The SMILES string of the molecule is OC[C@@H](O)[C@@H](O)[C@H](O)[C@@H](O)c1nc2cc(F)c(F)cc2[nH]1. The number of benzene rings is 1. The Bertz CT molecular complexity index is 596. The van der Waals surface area contributed by atoms with Crippen LogP contribution in [0, 0.1) is 11.6 Å². The first-order chi connectivity index (χ1) is 9.85. The van der Waals surface area contributed by atoms with Gasteiger partial charge in [0.25, 0.3) is 0 Å². The Morgan fingerprint density at radius 1 is 1.05 bits per heavy atom. The van der Waals surface area contributed by atoms with Crippen molar-refractivity contribution in [3.63, 3.8) is 0 Å². The van der Waals surface area contributed by atoms with Crippen molar-refractivity contribution >= 4 is 11.0 Å². The third-order valence-electron chi connectivity index (χ3n) is 3.08. The molecule has 1 aromatic carbocycles. The molecule has 2 aromatic rings. The summed E-state index contributed by atoms with van der Waals surface area (Å²) in [6.07, 6.45) is -7.09. The van der Waals surface area contributed by atoms with Crippen LogP contribution >= 0.6 is 0 Å². The summed E-state index contributed by atoms with van der Waals surface area (Å²) in [5, 5.41) is 46.9. The second-order valence-corrected chi connectivity index (χ2v) is 4.58. The van der Waals surface area contributed by atoms with Crippen LogP contribution in [0.15, 0.2) is 12.1 Å². The van der Waals surface area contributed by atoms with E-state index in [1.54, 1.807) is 0 Å². The van der Waals surface area contributed by atoms with E-state index < -0.39 is 42.7 Å². The number of imidazole rings is 1. The fourth-order valence-electron chi connectivity index (χ4n) is 1.85. The van der Waals surface area contributed by atoms with E-state index >= 15 is 0 Å². The number of rotatable bonds is 5. The maximum Gasteiger partial charge on any atom is 0.161 e. The van der Waals surface area contributed by atoms with Gasteiger partial charge in [0.1, 0.15) is 30.2 Å². The predicted octanol–water partition coefficient (Wildman–Crippen LogP) is -1.05. The summed E-state index contributed by atoms with van der Waals surface area (Å²) >= 11 is 0. The molecule has 116 valence electrons. The van der Waals surface area contributed by atoms with Crippen molar-refractivity contribution in [2.45, 2.75) is 24.4 Å². The van der Waals surface area contributed by atoms with Crippen LogP contribution in [0.4, 0.5) is 8.78 Å². The Morgan fingerprint density at radius 3 is 2.29 bits per heavy atom. The number of aliphatic hydroxyl groups excluding tert-OH is 5. The molecule has 0 spiro atoms. The number of H-pyrrole nitrogens is 1. The third kappa shape index (κ3) is 3.01. The molecule has 0 aliphatic heterocycles. The molecule has 0 saturated carbocycles. The van der Waals surface area contributed by atoms with Crippen LogP contribution in [-0.2, 0) is 0 Å². The van der Waals surface area contributed by atoms with E-state index in [9.17, 15) is 29.2 Å². The highest BCUT2D eigenvalue weighted by molar-refractivity contribution is 5.75. The summed E-state index contributed by atoms with van der Waals surface area (Å²) in [4.78, 5) is 6.25. The maximum absolute atomic E-state index is 13.1. The largest absolute Gasteiger partial charge is 0.394 e. The molecule has 0 aliphatic rings. The van der Waals surface area contributed by atoms with Gasteiger partial charge in [-0.1, -0.05) is 0 Å². The molecule has 0 radical (unpaired) electrons. The molecule has 0 amide bonds. The number of aliphatic hydroxyl groups is 5. The van der Waals surface area contributed by atoms with Crippen LogP contribution in [0.25, 0.3) is 11.0 Å². The van der Waals surface area contributed by atoms with Gasteiger partial charge in [0.2, 0.25) is 0 Å². The minimum absolute atomic E-state index is 0.0207. The molecule has 7 nitrogen and oxygen atoms in total. The fourth-order valence-corrected chi connectivity index (χ4v) is 1.85. The van der Waals surface area contributed by atoms with E-state index in [2.05, 4.69) is 9.97 Å². The van der Waals surface area contributed by atoms with Crippen LogP contribution in [0.5, 0.6) is 0 Å². The second kappa shape index (κ2) is 6.00. The van der Waals surface area contributed by atoms with Gasteiger partial charge in [0, 0.05) is 12.1 Å². The van der Waals surface area contributed by atoms with Crippen molar-refractivity contribution in [2.75, 3.05) is 6.61 Å². The van der Waals surface area contributed by atoms with Gasteiger partial charge in [-0.25, -0.2) is 13.8 Å². The molecule has 1 heterocycles. The monoisotopic (exact) mass is 304 g/mol. The number of fused-ring (bicyclic) bond motifs is 1. The molecule has 0 bridgehead atoms. The minimum Gasteiger partial charge on any atom is -0.394 e. The summed E-state index contributed by atoms with van der Waals surface area (Å²) < 4.78 is 26.1. The molecule has 4 atom stereocenters.